The first-order valence-corrected chi connectivity index (χ1v) is 12.7. The summed E-state index contributed by atoms with van der Waals surface area (Å²) in [5.74, 6) is -3.97. The van der Waals surface area contributed by atoms with E-state index in [1.54, 1.807) is 41.5 Å². The Balaban J connectivity index is 1.59. The second-order valence-electron chi connectivity index (χ2n) is 10.8. The fraction of sp³-hybridized carbons (Fsp3) is 0.480. The van der Waals surface area contributed by atoms with Gasteiger partial charge in [0.25, 0.3) is 11.8 Å². The summed E-state index contributed by atoms with van der Waals surface area (Å²) >= 11 is 1.08. The van der Waals surface area contributed by atoms with E-state index in [0.717, 1.165) is 16.2 Å². The Kier molecular flexibility index (Phi) is 7.10. The summed E-state index contributed by atoms with van der Waals surface area (Å²) in [4.78, 5) is 73.1. The second-order valence-corrected chi connectivity index (χ2v) is 11.9. The molecule has 0 bridgehead atoms. The number of ether oxygens (including phenoxy) is 3. The second kappa shape index (κ2) is 9.87. The zero-order chi connectivity index (χ0) is 28.0. The first kappa shape index (κ1) is 27.3. The number of aromatic nitrogens is 2. The van der Waals surface area contributed by atoms with Crippen molar-refractivity contribution in [1.82, 2.24) is 14.9 Å². The number of thiophene rings is 1. The Morgan fingerprint density at radius 2 is 1.61 bits per heavy atom. The minimum absolute atomic E-state index is 0.0221. The van der Waals surface area contributed by atoms with E-state index in [4.69, 9.17) is 14.2 Å². The number of fused-ring (bicyclic) bond motifs is 2. The number of carbonyl (C=O) groups excluding carboxylic acids is 5. The number of nitrogens with one attached hydrogen (secondary N) is 1. The number of carbonyl (C=O) groups is 5. The molecule has 2 aliphatic rings. The van der Waals surface area contributed by atoms with Crippen LogP contribution in [0.2, 0.25) is 0 Å². The Bertz CT molecular complexity index is 1300. The van der Waals surface area contributed by atoms with Crippen molar-refractivity contribution < 1.29 is 38.2 Å². The maximum Gasteiger partial charge on any atom is 0.397 e. The predicted octanol–water partition coefficient (Wildman–Crippen LogP) is 2.51. The molecule has 0 aromatic carbocycles. The predicted molar refractivity (Wildman–Crippen MR) is 134 cm³/mol. The van der Waals surface area contributed by atoms with Gasteiger partial charge in [-0.15, -0.1) is 11.3 Å². The van der Waals surface area contributed by atoms with E-state index >= 15 is 0 Å². The first-order valence-electron chi connectivity index (χ1n) is 11.9. The average Bonchev–Trinajstić information content (AvgIpc) is 3.27. The monoisotopic (exact) mass is 544 g/mol. The van der Waals surface area contributed by atoms with Crippen LogP contribution in [0.25, 0.3) is 0 Å². The van der Waals surface area contributed by atoms with E-state index in [9.17, 15) is 24.0 Å². The zero-order valence-electron chi connectivity index (χ0n) is 21.9. The van der Waals surface area contributed by atoms with Gasteiger partial charge in [0.1, 0.15) is 16.2 Å². The lowest BCUT2D eigenvalue weighted by molar-refractivity contribution is -0.161. The van der Waals surface area contributed by atoms with Gasteiger partial charge in [0.2, 0.25) is 0 Å². The van der Waals surface area contributed by atoms with Crippen molar-refractivity contribution in [2.24, 2.45) is 0 Å². The van der Waals surface area contributed by atoms with Crippen LogP contribution in [0.1, 0.15) is 83.3 Å². The maximum atomic E-state index is 13.2. The molecule has 0 saturated carbocycles. The molecule has 202 valence electrons. The third kappa shape index (κ3) is 5.73. The van der Waals surface area contributed by atoms with Crippen LogP contribution in [0.15, 0.2) is 12.4 Å². The first-order chi connectivity index (χ1) is 17.6. The molecule has 4 heterocycles. The van der Waals surface area contributed by atoms with Crippen LogP contribution >= 0.6 is 11.3 Å². The third-order valence-corrected chi connectivity index (χ3v) is 6.49. The molecular weight excluding hydrogens is 516 g/mol. The van der Waals surface area contributed by atoms with Crippen molar-refractivity contribution in [1.29, 1.82) is 0 Å². The summed E-state index contributed by atoms with van der Waals surface area (Å²) in [6.45, 7) is 9.99. The molecule has 2 aromatic heterocycles. The smallest absolute Gasteiger partial charge is 0.397 e. The summed E-state index contributed by atoms with van der Waals surface area (Å²) in [7, 11) is 0. The highest BCUT2D eigenvalue weighted by Gasteiger charge is 2.41. The highest BCUT2D eigenvalue weighted by atomic mass is 32.1. The Labute approximate surface area is 222 Å². The van der Waals surface area contributed by atoms with E-state index in [0.29, 0.717) is 10.4 Å². The van der Waals surface area contributed by atoms with Crippen LogP contribution in [0.5, 0.6) is 0 Å². The van der Waals surface area contributed by atoms with Gasteiger partial charge in [-0.05, 0) is 47.1 Å². The molecule has 0 spiro atoms. The molecule has 12 nitrogen and oxygen atoms in total. The standard InChI is InChI=1S/C25H28N4O8S/c1-24(2,3)36-22(33)15-13-9-12(10-29-20(31)16-17(21(29)32)27-8-7-26-16)35-11-14(13)38-19(15)28-18(30)23(34)37-25(4,5)6/h7-8,12H,9-11H2,1-6H3,(H,28,30). The van der Waals surface area contributed by atoms with Crippen LogP contribution in [0.4, 0.5) is 5.00 Å². The van der Waals surface area contributed by atoms with Gasteiger partial charge in [0, 0.05) is 23.7 Å². The van der Waals surface area contributed by atoms with Crippen LogP contribution in [-0.4, -0.2) is 68.4 Å². The maximum absolute atomic E-state index is 13.2. The van der Waals surface area contributed by atoms with Crippen LogP contribution in [0, 0.1) is 0 Å². The molecule has 38 heavy (non-hydrogen) atoms. The number of hydrogen-bond donors (Lipinski definition) is 1. The molecule has 3 amide bonds. The van der Waals surface area contributed by atoms with Gasteiger partial charge < -0.3 is 19.5 Å². The molecule has 0 aliphatic carbocycles. The Hall–Kier alpha value is -3.71. The van der Waals surface area contributed by atoms with Crippen LogP contribution in [0.3, 0.4) is 0 Å². The van der Waals surface area contributed by atoms with Crippen molar-refractivity contribution >= 4 is 46.0 Å². The van der Waals surface area contributed by atoms with Crippen molar-refractivity contribution in [2.75, 3.05) is 11.9 Å². The number of nitrogens with zero attached hydrogens (tertiary/aromatic N) is 3. The van der Waals surface area contributed by atoms with Gasteiger partial charge in [0.05, 0.1) is 24.8 Å². The van der Waals surface area contributed by atoms with E-state index in [1.807, 2.05) is 0 Å². The summed E-state index contributed by atoms with van der Waals surface area (Å²) in [5, 5.41) is 2.61. The van der Waals surface area contributed by atoms with Crippen molar-refractivity contribution in [3.8, 4) is 0 Å². The van der Waals surface area contributed by atoms with E-state index in [1.165, 1.54) is 12.4 Å². The highest BCUT2D eigenvalue weighted by molar-refractivity contribution is 7.17. The lowest BCUT2D eigenvalue weighted by Gasteiger charge is -2.27. The van der Waals surface area contributed by atoms with E-state index in [2.05, 4.69) is 15.3 Å². The van der Waals surface area contributed by atoms with Crippen molar-refractivity contribution in [3.63, 3.8) is 0 Å². The Morgan fingerprint density at radius 3 is 2.16 bits per heavy atom. The third-order valence-electron chi connectivity index (χ3n) is 5.37. The molecule has 2 aliphatic heterocycles. The topological polar surface area (TPSA) is 154 Å². The zero-order valence-corrected chi connectivity index (χ0v) is 22.7. The number of rotatable bonds is 4. The largest absolute Gasteiger partial charge is 0.456 e. The lowest BCUT2D eigenvalue weighted by Crippen LogP contribution is -2.40. The minimum Gasteiger partial charge on any atom is -0.456 e. The van der Waals surface area contributed by atoms with E-state index in [-0.39, 0.29) is 41.5 Å². The molecule has 1 atom stereocenters. The van der Waals surface area contributed by atoms with E-state index < -0.39 is 47.0 Å². The van der Waals surface area contributed by atoms with Crippen LogP contribution in [-0.2, 0) is 36.8 Å². The number of amides is 3. The van der Waals surface area contributed by atoms with Gasteiger partial charge >= 0.3 is 17.8 Å². The number of imide groups is 1. The highest BCUT2D eigenvalue weighted by Crippen LogP contribution is 2.39. The molecule has 1 unspecified atom stereocenters. The SMILES string of the molecule is CC(C)(C)OC(=O)C(=O)Nc1sc2c(c1C(=O)OC(C)(C)C)CC(CN1C(=O)c3nccnc3C1=O)OC2. The van der Waals surface area contributed by atoms with Gasteiger partial charge in [-0.1, -0.05) is 0 Å². The van der Waals surface area contributed by atoms with Gasteiger partial charge in [0.15, 0.2) is 11.4 Å². The van der Waals surface area contributed by atoms with Gasteiger partial charge in [-0.2, -0.15) is 0 Å². The molecule has 4 rings (SSSR count). The normalized spacial score (nSPS) is 17.1. The number of anilines is 1. The average molecular weight is 545 g/mol. The minimum atomic E-state index is -1.10. The summed E-state index contributed by atoms with van der Waals surface area (Å²) in [6.07, 6.45) is 2.18. The van der Waals surface area contributed by atoms with Crippen LogP contribution < -0.4 is 5.32 Å². The van der Waals surface area contributed by atoms with Gasteiger partial charge in [-0.3, -0.25) is 19.3 Å². The fourth-order valence-electron chi connectivity index (χ4n) is 3.92. The molecular formula is C25H28N4O8S. The summed E-state index contributed by atoms with van der Waals surface area (Å²) < 4.78 is 16.6. The molecule has 2 aromatic rings. The van der Waals surface area contributed by atoms with Crippen molar-refractivity contribution in [2.45, 2.75) is 71.9 Å². The Morgan fingerprint density at radius 1 is 1.03 bits per heavy atom. The molecule has 0 radical (unpaired) electrons. The van der Waals surface area contributed by atoms with Gasteiger partial charge in [-0.25, -0.2) is 19.6 Å². The van der Waals surface area contributed by atoms with Crippen molar-refractivity contribution in [3.05, 3.63) is 39.8 Å². The number of esters is 2. The molecule has 13 heteroatoms. The lowest BCUT2D eigenvalue weighted by atomic mass is 10.00. The quantitative estimate of drug-likeness (QED) is 0.345. The fourth-order valence-corrected chi connectivity index (χ4v) is 5.06. The summed E-state index contributed by atoms with van der Waals surface area (Å²) in [6, 6.07) is 0. The number of hydrogen-bond acceptors (Lipinski definition) is 11. The molecule has 0 saturated heterocycles. The molecule has 0 fully saturated rings. The molecule has 1 N–H and O–H groups in total. The summed E-state index contributed by atoms with van der Waals surface area (Å²) in [5.41, 5.74) is -1.11.